The molecule has 0 fully saturated rings. The van der Waals surface area contributed by atoms with Gasteiger partial charge in [0.05, 0.1) is 11.6 Å². The number of phenols is 1. The predicted molar refractivity (Wildman–Crippen MR) is 113 cm³/mol. The fourth-order valence-corrected chi connectivity index (χ4v) is 5.77. The summed E-state index contributed by atoms with van der Waals surface area (Å²) in [6.45, 7) is 3.69. The maximum Gasteiger partial charge on any atom is 0.255 e. The van der Waals surface area contributed by atoms with Gasteiger partial charge in [-0.15, -0.1) is 0 Å². The minimum absolute atomic E-state index is 0.00159. The number of aliphatic hydroxyl groups excluding tert-OH is 2. The second-order valence-electron chi connectivity index (χ2n) is 9.54. The lowest BCUT2D eigenvalue weighted by Crippen LogP contribution is -2.64. The van der Waals surface area contributed by atoms with Gasteiger partial charge in [0.1, 0.15) is 22.8 Å². The number of aliphatic hydroxyl groups is 3. The molecule has 1 aromatic rings. The lowest BCUT2D eigenvalue weighted by molar-refractivity contribution is -0.149. The Labute approximate surface area is 184 Å². The first-order valence-electron chi connectivity index (χ1n) is 10.2. The molecule has 0 heterocycles. The van der Waals surface area contributed by atoms with Crippen LogP contribution in [0.25, 0.3) is 0 Å². The van der Waals surface area contributed by atoms with Gasteiger partial charge in [-0.05, 0) is 37.6 Å². The minimum atomic E-state index is -2.63. The predicted octanol–water partition coefficient (Wildman–Crippen LogP) is 0.856. The summed E-state index contributed by atoms with van der Waals surface area (Å²) in [5, 5.41) is 44.0. The monoisotopic (exact) mass is 442 g/mol. The molecule has 1 amide bonds. The van der Waals surface area contributed by atoms with Crippen molar-refractivity contribution < 1.29 is 34.8 Å². The van der Waals surface area contributed by atoms with E-state index >= 15 is 0 Å². The SMILES string of the molecule is CN(C)[C@@H]1C(O)=C(C(N)=O)C(=O)[C@@]2(O)C(O)=C3C(=O)c4c(O)cccc4C(C)(C)[C@H]3C[C@@H]12. The number of rotatable bonds is 2. The number of carbonyl (C=O) groups excluding carboxylic acids is 3. The molecular formula is C23H26N2O7. The van der Waals surface area contributed by atoms with Gasteiger partial charge in [-0.3, -0.25) is 19.3 Å². The number of hydrogen-bond donors (Lipinski definition) is 5. The average molecular weight is 442 g/mol. The van der Waals surface area contributed by atoms with Crippen LogP contribution in [0.5, 0.6) is 5.75 Å². The third kappa shape index (κ3) is 2.49. The molecule has 3 aliphatic carbocycles. The number of nitrogens with two attached hydrogens (primary N) is 1. The van der Waals surface area contributed by atoms with Gasteiger partial charge in [0, 0.05) is 17.4 Å². The highest BCUT2D eigenvalue weighted by Crippen LogP contribution is 2.57. The fourth-order valence-electron chi connectivity index (χ4n) is 5.77. The lowest BCUT2D eigenvalue weighted by Gasteiger charge is -2.53. The minimum Gasteiger partial charge on any atom is -0.510 e. The Balaban J connectivity index is 2.05. The van der Waals surface area contributed by atoms with Crippen LogP contribution >= 0.6 is 0 Å². The quantitative estimate of drug-likeness (QED) is 0.421. The Morgan fingerprint density at radius 3 is 2.34 bits per heavy atom. The highest BCUT2D eigenvalue weighted by Gasteiger charge is 2.65. The van der Waals surface area contributed by atoms with Gasteiger partial charge in [-0.25, -0.2) is 0 Å². The van der Waals surface area contributed by atoms with Crippen molar-refractivity contribution in [2.75, 3.05) is 14.1 Å². The standard InChI is InChI=1S/C23H26N2O7/c1-22(2)9-6-5-7-12(26)13(9)17(27)14-10(22)8-11-16(25(3)4)18(28)15(21(24)31)20(30)23(11,32)19(14)29/h5-7,10-11,16,26,28-29,32H,8H2,1-4H3,(H2,24,31)/t10-,11-,16-,23-/m0/s1. The van der Waals surface area contributed by atoms with E-state index in [0.717, 1.165) is 0 Å². The van der Waals surface area contributed by atoms with Crippen molar-refractivity contribution in [2.24, 2.45) is 17.6 Å². The number of hydrogen-bond acceptors (Lipinski definition) is 8. The molecule has 9 heteroatoms. The molecule has 0 saturated carbocycles. The number of ketones is 2. The Morgan fingerprint density at radius 1 is 1.16 bits per heavy atom. The molecule has 1 aromatic carbocycles. The molecule has 6 N–H and O–H groups in total. The molecule has 0 aliphatic heterocycles. The van der Waals surface area contributed by atoms with E-state index in [-0.39, 0.29) is 23.3 Å². The maximum atomic E-state index is 13.4. The summed E-state index contributed by atoms with van der Waals surface area (Å²) >= 11 is 0. The second kappa shape index (κ2) is 6.66. The molecule has 4 atom stereocenters. The Bertz CT molecular complexity index is 1150. The number of carbonyl (C=O) groups is 3. The third-order valence-corrected chi connectivity index (χ3v) is 7.36. The average Bonchev–Trinajstić information content (AvgIpc) is 2.68. The first-order valence-corrected chi connectivity index (χ1v) is 10.2. The number of phenolic OH excluding ortho intramolecular Hbond substituents is 1. The van der Waals surface area contributed by atoms with E-state index in [1.54, 1.807) is 26.2 Å². The highest BCUT2D eigenvalue weighted by atomic mass is 16.3. The Kier molecular flexibility index (Phi) is 4.59. The summed E-state index contributed by atoms with van der Waals surface area (Å²) in [7, 11) is 3.19. The number of allylic oxidation sites excluding steroid dienone is 1. The third-order valence-electron chi connectivity index (χ3n) is 7.36. The topological polar surface area (TPSA) is 161 Å². The van der Waals surface area contributed by atoms with E-state index in [9.17, 15) is 34.8 Å². The van der Waals surface area contributed by atoms with E-state index in [1.807, 2.05) is 13.8 Å². The largest absolute Gasteiger partial charge is 0.510 e. The fraction of sp³-hybridized carbons (Fsp3) is 0.435. The van der Waals surface area contributed by atoms with Crippen LogP contribution in [0.2, 0.25) is 0 Å². The molecule has 4 rings (SSSR count). The Hall–Kier alpha value is -3.17. The van der Waals surface area contributed by atoms with Gasteiger partial charge in [0.2, 0.25) is 5.78 Å². The zero-order chi connectivity index (χ0) is 23.9. The van der Waals surface area contributed by atoms with Gasteiger partial charge in [-0.2, -0.15) is 0 Å². The molecular weight excluding hydrogens is 416 g/mol. The van der Waals surface area contributed by atoms with Crippen LogP contribution < -0.4 is 5.73 Å². The summed E-state index contributed by atoms with van der Waals surface area (Å²) < 4.78 is 0. The molecule has 0 saturated heterocycles. The number of primary amides is 1. The van der Waals surface area contributed by atoms with Gasteiger partial charge in [-0.1, -0.05) is 26.0 Å². The highest BCUT2D eigenvalue weighted by molar-refractivity contribution is 6.24. The summed E-state index contributed by atoms with van der Waals surface area (Å²) in [6, 6.07) is 3.68. The van der Waals surface area contributed by atoms with Crippen LogP contribution in [-0.4, -0.2) is 68.5 Å². The van der Waals surface area contributed by atoms with Crippen molar-refractivity contribution in [1.29, 1.82) is 0 Å². The number of nitrogens with zero attached hydrogens (tertiary/aromatic N) is 1. The number of aromatic hydroxyl groups is 1. The van der Waals surface area contributed by atoms with Crippen molar-refractivity contribution in [3.63, 3.8) is 0 Å². The summed E-state index contributed by atoms with van der Waals surface area (Å²) in [4.78, 5) is 40.2. The van der Waals surface area contributed by atoms with Crippen LogP contribution in [-0.2, 0) is 15.0 Å². The summed E-state index contributed by atoms with van der Waals surface area (Å²) in [6.07, 6.45) is 0.0500. The van der Waals surface area contributed by atoms with Crippen LogP contribution in [0.15, 0.2) is 40.9 Å². The molecule has 0 unspecified atom stereocenters. The van der Waals surface area contributed by atoms with Crippen molar-refractivity contribution in [2.45, 2.75) is 37.3 Å². The van der Waals surface area contributed by atoms with Gasteiger partial charge in [0.15, 0.2) is 11.4 Å². The number of Topliss-reactive ketones (excluding diaryl/α,β-unsaturated/α-hetero) is 2. The molecule has 0 radical (unpaired) electrons. The van der Waals surface area contributed by atoms with Crippen molar-refractivity contribution in [1.82, 2.24) is 4.90 Å². The molecule has 0 aromatic heterocycles. The number of likely N-dealkylation sites (N-methyl/N-ethyl adjacent to an activating group) is 1. The summed E-state index contributed by atoms with van der Waals surface area (Å²) in [5.41, 5.74) is 1.50. The van der Waals surface area contributed by atoms with Crippen LogP contribution in [0.4, 0.5) is 0 Å². The molecule has 0 bridgehead atoms. The van der Waals surface area contributed by atoms with Crippen LogP contribution in [0, 0.1) is 11.8 Å². The zero-order valence-electron chi connectivity index (χ0n) is 18.2. The van der Waals surface area contributed by atoms with Crippen molar-refractivity contribution in [3.8, 4) is 5.75 Å². The number of benzene rings is 1. The number of fused-ring (bicyclic) bond motifs is 3. The maximum absolute atomic E-state index is 13.4. The lowest BCUT2D eigenvalue weighted by atomic mass is 9.52. The summed E-state index contributed by atoms with van der Waals surface area (Å²) in [5.74, 6) is -6.59. The van der Waals surface area contributed by atoms with Crippen LogP contribution in [0.1, 0.15) is 36.2 Å². The van der Waals surface area contributed by atoms with E-state index in [2.05, 4.69) is 0 Å². The van der Waals surface area contributed by atoms with Crippen molar-refractivity contribution in [3.05, 3.63) is 52.0 Å². The molecule has 0 spiro atoms. The van der Waals surface area contributed by atoms with Gasteiger partial charge in [0.25, 0.3) is 5.91 Å². The second-order valence-corrected chi connectivity index (χ2v) is 9.54. The Morgan fingerprint density at radius 2 is 1.78 bits per heavy atom. The van der Waals surface area contributed by atoms with E-state index in [4.69, 9.17) is 5.73 Å². The smallest absolute Gasteiger partial charge is 0.255 e. The van der Waals surface area contributed by atoms with Gasteiger partial charge >= 0.3 is 0 Å². The normalized spacial score (nSPS) is 31.4. The first kappa shape index (κ1) is 22.0. The molecule has 3 aliphatic rings. The van der Waals surface area contributed by atoms with E-state index in [1.165, 1.54) is 11.0 Å². The number of amides is 1. The first-order chi connectivity index (χ1) is 14.8. The zero-order valence-corrected chi connectivity index (χ0v) is 18.2. The van der Waals surface area contributed by atoms with Crippen LogP contribution in [0.3, 0.4) is 0 Å². The van der Waals surface area contributed by atoms with E-state index in [0.29, 0.717) is 5.56 Å². The molecule has 170 valence electrons. The van der Waals surface area contributed by atoms with Crippen molar-refractivity contribution >= 4 is 17.5 Å². The van der Waals surface area contributed by atoms with Gasteiger partial charge < -0.3 is 26.2 Å². The molecule has 9 nitrogen and oxygen atoms in total. The van der Waals surface area contributed by atoms with E-state index < -0.39 is 63.5 Å². The molecule has 32 heavy (non-hydrogen) atoms.